The summed E-state index contributed by atoms with van der Waals surface area (Å²) in [7, 11) is -2.73. The lowest BCUT2D eigenvalue weighted by Gasteiger charge is -2.21. The number of carbonyl (C=O) groups excluding carboxylic acids is 1. The van der Waals surface area contributed by atoms with Crippen LogP contribution in [-0.2, 0) is 31.2 Å². The lowest BCUT2D eigenvalue weighted by molar-refractivity contribution is -0.139. The summed E-state index contributed by atoms with van der Waals surface area (Å²) in [4.78, 5) is 28.1. The van der Waals surface area contributed by atoms with E-state index in [-0.39, 0.29) is 25.6 Å². The maximum absolute atomic E-state index is 12.4. The van der Waals surface area contributed by atoms with E-state index >= 15 is 0 Å². The van der Waals surface area contributed by atoms with E-state index in [1.165, 1.54) is 13.3 Å². The van der Waals surface area contributed by atoms with Crippen LogP contribution in [0.2, 0.25) is 0 Å². The zero-order valence-electron chi connectivity index (χ0n) is 14.7. The van der Waals surface area contributed by atoms with E-state index in [2.05, 4.69) is 15.2 Å². The Morgan fingerprint density at radius 2 is 2.07 bits per heavy atom. The van der Waals surface area contributed by atoms with Crippen LogP contribution >= 0.6 is 0 Å². The number of oxime groups is 1. The van der Waals surface area contributed by atoms with Crippen LogP contribution < -0.4 is 10.0 Å². The average molecular weight is 398 g/mol. The number of carboxylic acid groups (broad SMARTS) is 1. The topological polar surface area (TPSA) is 137 Å². The fraction of sp³-hybridized carbons (Fsp3) is 0.438. The van der Waals surface area contributed by atoms with Gasteiger partial charge in [-0.25, -0.2) is 0 Å². The summed E-state index contributed by atoms with van der Waals surface area (Å²) < 4.78 is 27.8. The highest BCUT2D eigenvalue weighted by atomic mass is 32.2. The van der Waals surface area contributed by atoms with Crippen molar-refractivity contribution in [2.75, 3.05) is 13.6 Å². The van der Waals surface area contributed by atoms with Crippen LogP contribution in [0.5, 0.6) is 0 Å². The molecule has 1 heterocycles. The van der Waals surface area contributed by atoms with Crippen molar-refractivity contribution in [1.82, 2.24) is 14.3 Å². The summed E-state index contributed by atoms with van der Waals surface area (Å²) in [5.74, 6) is -1.85. The number of aliphatic carboxylic acids is 1. The van der Waals surface area contributed by atoms with E-state index in [4.69, 9.17) is 4.84 Å². The van der Waals surface area contributed by atoms with Crippen molar-refractivity contribution in [3.63, 3.8) is 0 Å². The number of nitrogens with zero attached hydrogens (tertiary/aromatic N) is 2. The van der Waals surface area contributed by atoms with Crippen molar-refractivity contribution < 1.29 is 28.0 Å². The van der Waals surface area contributed by atoms with E-state index in [0.29, 0.717) is 6.42 Å². The Balaban J connectivity index is 1.89. The molecule has 10 nitrogen and oxygen atoms in total. The minimum atomic E-state index is -4.07. The molecular weight excluding hydrogens is 376 g/mol. The van der Waals surface area contributed by atoms with Gasteiger partial charge in [-0.05, 0) is 5.56 Å². The normalized spacial score (nSPS) is 17.5. The van der Waals surface area contributed by atoms with E-state index < -0.39 is 28.1 Å². The smallest absolute Gasteiger partial charge is 0.323 e. The van der Waals surface area contributed by atoms with Gasteiger partial charge in [0.1, 0.15) is 12.1 Å². The number of benzene rings is 1. The molecule has 27 heavy (non-hydrogen) atoms. The quantitative estimate of drug-likeness (QED) is 0.494. The molecule has 1 aliphatic rings. The van der Waals surface area contributed by atoms with Gasteiger partial charge in [-0.2, -0.15) is 17.4 Å². The van der Waals surface area contributed by atoms with Gasteiger partial charge in [0.05, 0.1) is 6.42 Å². The Morgan fingerprint density at radius 3 is 2.67 bits per heavy atom. The highest BCUT2D eigenvalue weighted by Gasteiger charge is 2.28. The molecule has 0 saturated heterocycles. The molecule has 2 atom stereocenters. The molecule has 1 amide bonds. The molecule has 2 rings (SSSR count). The van der Waals surface area contributed by atoms with Gasteiger partial charge < -0.3 is 15.3 Å². The highest BCUT2D eigenvalue weighted by molar-refractivity contribution is 7.87. The van der Waals surface area contributed by atoms with Gasteiger partial charge in [-0.3, -0.25) is 9.59 Å². The maximum atomic E-state index is 12.4. The summed E-state index contributed by atoms with van der Waals surface area (Å²) in [6.45, 7) is -0.311. The molecule has 0 aliphatic carbocycles. The first-order valence-electron chi connectivity index (χ1n) is 8.22. The van der Waals surface area contributed by atoms with Gasteiger partial charge in [-0.1, -0.05) is 35.5 Å². The van der Waals surface area contributed by atoms with Crippen molar-refractivity contribution in [2.24, 2.45) is 5.16 Å². The summed E-state index contributed by atoms with van der Waals surface area (Å²) in [6.07, 6.45) is 1.65. The Hall–Kier alpha value is -2.50. The van der Waals surface area contributed by atoms with E-state index in [1.807, 2.05) is 6.07 Å². The molecule has 11 heteroatoms. The van der Waals surface area contributed by atoms with Gasteiger partial charge in [0.2, 0.25) is 5.91 Å². The molecule has 0 saturated carbocycles. The molecule has 0 spiro atoms. The fourth-order valence-corrected chi connectivity index (χ4v) is 3.37. The molecule has 3 N–H and O–H groups in total. The number of amides is 1. The number of nitrogens with one attached hydrogen (secondary N) is 2. The molecule has 148 valence electrons. The van der Waals surface area contributed by atoms with Crippen LogP contribution in [0, 0.1) is 0 Å². The molecule has 1 aromatic carbocycles. The van der Waals surface area contributed by atoms with Crippen LogP contribution in [0.1, 0.15) is 18.4 Å². The third-order valence-electron chi connectivity index (χ3n) is 3.82. The maximum Gasteiger partial charge on any atom is 0.323 e. The third-order valence-corrected chi connectivity index (χ3v) is 5.35. The molecular formula is C16H22N4O6S. The standard InChI is InChI=1S/C16H22N4O6S/c1-20(11-12-5-3-2-4-6-12)27(24,25)19-14(16(22)23)10-17-15(21)9-13-7-8-18-26-13/h2-6,8,13-14,19H,7,9-11H2,1H3,(H,17,21)(H,22,23)/t13-,14+/m1/s1. The number of carboxylic acids is 1. The lowest BCUT2D eigenvalue weighted by atomic mass is 10.2. The molecule has 0 bridgehead atoms. The second-order valence-corrected chi connectivity index (χ2v) is 7.82. The van der Waals surface area contributed by atoms with Crippen LogP contribution in [0.25, 0.3) is 0 Å². The van der Waals surface area contributed by atoms with Crippen LogP contribution in [0.3, 0.4) is 0 Å². The predicted molar refractivity (Wildman–Crippen MR) is 97.0 cm³/mol. The number of carbonyl (C=O) groups is 2. The number of hydrogen-bond acceptors (Lipinski definition) is 6. The molecule has 1 aliphatic heterocycles. The second-order valence-electron chi connectivity index (χ2n) is 6.01. The summed E-state index contributed by atoms with van der Waals surface area (Å²) in [5.41, 5.74) is 0.754. The second kappa shape index (κ2) is 9.44. The van der Waals surface area contributed by atoms with E-state index in [9.17, 15) is 23.1 Å². The minimum absolute atomic E-state index is 0.00694. The Morgan fingerprint density at radius 1 is 1.37 bits per heavy atom. The molecule has 0 radical (unpaired) electrons. The summed E-state index contributed by atoms with van der Waals surface area (Å²) in [5, 5.41) is 15.2. The number of hydrogen-bond donors (Lipinski definition) is 3. The van der Waals surface area contributed by atoms with Crippen molar-refractivity contribution in [1.29, 1.82) is 0 Å². The van der Waals surface area contributed by atoms with Crippen LogP contribution in [0.15, 0.2) is 35.5 Å². The Bertz CT molecular complexity index is 775. The minimum Gasteiger partial charge on any atom is -0.480 e. The average Bonchev–Trinajstić information content (AvgIpc) is 3.12. The monoisotopic (exact) mass is 398 g/mol. The van der Waals surface area contributed by atoms with E-state index in [0.717, 1.165) is 9.87 Å². The SMILES string of the molecule is CN(Cc1ccccc1)S(=O)(=O)N[C@@H](CNC(=O)C[C@H]1CC=NO1)C(=O)O. The van der Waals surface area contributed by atoms with Crippen molar-refractivity contribution >= 4 is 28.3 Å². The van der Waals surface area contributed by atoms with Gasteiger partial charge in [0.25, 0.3) is 10.2 Å². The summed E-state index contributed by atoms with van der Waals surface area (Å²) >= 11 is 0. The summed E-state index contributed by atoms with van der Waals surface area (Å²) in [6, 6.07) is 7.38. The molecule has 0 fully saturated rings. The fourth-order valence-electron chi connectivity index (χ4n) is 2.32. The van der Waals surface area contributed by atoms with E-state index in [1.54, 1.807) is 24.3 Å². The lowest BCUT2D eigenvalue weighted by Crippen LogP contribution is -2.52. The predicted octanol–water partition coefficient (Wildman–Crippen LogP) is -0.313. The van der Waals surface area contributed by atoms with Crippen molar-refractivity contribution in [2.45, 2.75) is 31.5 Å². The molecule has 0 unspecified atom stereocenters. The largest absolute Gasteiger partial charge is 0.480 e. The van der Waals surface area contributed by atoms with Gasteiger partial charge in [0.15, 0.2) is 0 Å². The molecule has 0 aromatic heterocycles. The van der Waals surface area contributed by atoms with Crippen LogP contribution in [-0.4, -0.2) is 61.7 Å². The van der Waals surface area contributed by atoms with Crippen molar-refractivity contribution in [3.8, 4) is 0 Å². The van der Waals surface area contributed by atoms with Crippen molar-refractivity contribution in [3.05, 3.63) is 35.9 Å². The first kappa shape index (κ1) is 20.8. The van der Waals surface area contributed by atoms with Gasteiger partial charge >= 0.3 is 5.97 Å². The Kier molecular flexibility index (Phi) is 7.28. The molecule has 1 aromatic rings. The van der Waals surface area contributed by atoms with Gasteiger partial charge in [-0.15, -0.1) is 0 Å². The first-order valence-corrected chi connectivity index (χ1v) is 9.66. The highest BCUT2D eigenvalue weighted by Crippen LogP contribution is 2.09. The van der Waals surface area contributed by atoms with Crippen LogP contribution in [0.4, 0.5) is 0 Å². The zero-order chi connectivity index (χ0) is 19.9. The van der Waals surface area contributed by atoms with Gasteiger partial charge in [0, 0.05) is 32.8 Å². The third kappa shape index (κ3) is 6.62. The Labute approximate surface area is 157 Å². The number of rotatable bonds is 10. The zero-order valence-corrected chi connectivity index (χ0v) is 15.6. The first-order chi connectivity index (χ1) is 12.8.